The summed E-state index contributed by atoms with van der Waals surface area (Å²) in [5, 5.41) is 23.0. The van der Waals surface area contributed by atoms with E-state index in [1.165, 1.54) is 6.33 Å². The fourth-order valence-electron chi connectivity index (χ4n) is 3.73. The van der Waals surface area contributed by atoms with Crippen LogP contribution in [-0.2, 0) is 4.79 Å². The number of nitro groups is 1. The number of para-hydroxylation sites is 2. The van der Waals surface area contributed by atoms with Gasteiger partial charge in [-0.15, -0.1) is 0 Å². The maximum atomic E-state index is 12.1. The summed E-state index contributed by atoms with van der Waals surface area (Å²) in [6, 6.07) is 18.8. The summed E-state index contributed by atoms with van der Waals surface area (Å²) in [4.78, 5) is 32.9. The summed E-state index contributed by atoms with van der Waals surface area (Å²) in [6.45, 7) is 0.741. The average Bonchev–Trinajstić information content (AvgIpc) is 2.83. The van der Waals surface area contributed by atoms with Crippen molar-refractivity contribution in [1.82, 2.24) is 9.97 Å². The molecule has 2 heterocycles. The van der Waals surface area contributed by atoms with E-state index in [9.17, 15) is 20.0 Å². The number of carboxylic acid groups (broad SMARTS) is 1. The highest BCUT2D eigenvalue weighted by Gasteiger charge is 2.32. The van der Waals surface area contributed by atoms with Gasteiger partial charge >= 0.3 is 11.7 Å². The molecule has 0 aliphatic carbocycles. The predicted octanol–water partition coefficient (Wildman–Crippen LogP) is 3.85. The Labute approximate surface area is 184 Å². The fourth-order valence-corrected chi connectivity index (χ4v) is 3.73. The van der Waals surface area contributed by atoms with E-state index in [0.29, 0.717) is 25.9 Å². The van der Waals surface area contributed by atoms with Crippen LogP contribution < -0.4 is 15.3 Å². The second-order valence-electron chi connectivity index (χ2n) is 7.37. The molecule has 1 saturated heterocycles. The molecule has 10 heteroatoms. The van der Waals surface area contributed by atoms with Gasteiger partial charge < -0.3 is 10.0 Å². The Kier molecular flexibility index (Phi) is 6.11. The van der Waals surface area contributed by atoms with Gasteiger partial charge in [0.05, 0.1) is 22.2 Å². The summed E-state index contributed by atoms with van der Waals surface area (Å²) >= 11 is 0. The number of anilines is 4. The number of aromatic nitrogens is 2. The van der Waals surface area contributed by atoms with Crippen molar-refractivity contribution in [3.63, 3.8) is 0 Å². The average molecular weight is 434 g/mol. The van der Waals surface area contributed by atoms with Crippen LogP contribution in [0.1, 0.15) is 12.8 Å². The monoisotopic (exact) mass is 434 g/mol. The number of hydrogen-bond acceptors (Lipinski definition) is 8. The number of piperidine rings is 1. The quantitative estimate of drug-likeness (QED) is 0.421. The zero-order valence-electron chi connectivity index (χ0n) is 17.2. The number of nitrogens with one attached hydrogen (secondary N) is 1. The number of rotatable bonds is 7. The van der Waals surface area contributed by atoms with Crippen LogP contribution in [-0.4, -0.2) is 39.1 Å². The Hall–Kier alpha value is -4.21. The van der Waals surface area contributed by atoms with Crippen LogP contribution in [0.5, 0.6) is 0 Å². The molecule has 0 atom stereocenters. The van der Waals surface area contributed by atoms with E-state index in [-0.39, 0.29) is 17.3 Å². The lowest BCUT2D eigenvalue weighted by molar-refractivity contribution is -0.383. The first-order chi connectivity index (χ1) is 15.5. The molecule has 0 spiro atoms. The lowest BCUT2D eigenvalue weighted by atomic mass is 9.97. The topological polar surface area (TPSA) is 125 Å². The predicted molar refractivity (Wildman–Crippen MR) is 120 cm³/mol. The molecule has 1 fully saturated rings. The second-order valence-corrected chi connectivity index (χ2v) is 7.37. The molecule has 1 aromatic heterocycles. The van der Waals surface area contributed by atoms with Crippen molar-refractivity contribution < 1.29 is 14.8 Å². The van der Waals surface area contributed by atoms with E-state index in [4.69, 9.17) is 0 Å². The molecule has 0 radical (unpaired) electrons. The third-order valence-corrected chi connectivity index (χ3v) is 5.38. The first-order valence-electron chi connectivity index (χ1n) is 10.2. The van der Waals surface area contributed by atoms with E-state index in [1.54, 1.807) is 9.91 Å². The highest BCUT2D eigenvalue weighted by atomic mass is 16.6. The number of hydrogen-bond donors (Lipinski definition) is 2. The molecule has 164 valence electrons. The van der Waals surface area contributed by atoms with Crippen LogP contribution in [0.3, 0.4) is 0 Å². The van der Waals surface area contributed by atoms with Crippen LogP contribution in [0.15, 0.2) is 67.0 Å². The molecule has 2 aromatic carbocycles. The standard InChI is InChI=1S/C22H22N6O4/c29-22(30)16-11-13-26(14-12-16)21-19(28(31)32)20(23-15-24-21)25-27(17-7-3-1-4-8-17)18-9-5-2-6-10-18/h1-10,15-16H,11-14H2,(H,29,30)(H,23,24,25). The number of benzene rings is 2. The first-order valence-corrected chi connectivity index (χ1v) is 10.2. The third kappa shape index (κ3) is 4.43. The van der Waals surface area contributed by atoms with E-state index < -0.39 is 16.8 Å². The largest absolute Gasteiger partial charge is 0.481 e. The van der Waals surface area contributed by atoms with E-state index in [2.05, 4.69) is 15.4 Å². The summed E-state index contributed by atoms with van der Waals surface area (Å²) in [6.07, 6.45) is 2.08. The maximum absolute atomic E-state index is 12.1. The minimum absolute atomic E-state index is 0.0491. The minimum atomic E-state index is -0.842. The number of nitrogens with zero attached hydrogens (tertiary/aromatic N) is 5. The number of hydrazine groups is 1. The number of carbonyl (C=O) groups is 1. The van der Waals surface area contributed by atoms with Gasteiger partial charge in [0.25, 0.3) is 0 Å². The third-order valence-electron chi connectivity index (χ3n) is 5.38. The van der Waals surface area contributed by atoms with Crippen molar-refractivity contribution in [3.05, 3.63) is 77.1 Å². The maximum Gasteiger partial charge on any atom is 0.355 e. The van der Waals surface area contributed by atoms with Crippen molar-refractivity contribution >= 4 is 34.7 Å². The molecule has 10 nitrogen and oxygen atoms in total. The van der Waals surface area contributed by atoms with Crippen molar-refractivity contribution in [2.75, 3.05) is 28.4 Å². The van der Waals surface area contributed by atoms with Crippen molar-refractivity contribution in [2.45, 2.75) is 12.8 Å². The molecule has 0 amide bonds. The molecule has 0 bridgehead atoms. The molecule has 0 unspecified atom stereocenters. The lowest BCUT2D eigenvalue weighted by Gasteiger charge is -2.31. The molecule has 3 aromatic rings. The summed E-state index contributed by atoms with van der Waals surface area (Å²) in [5.74, 6) is -1.06. The lowest BCUT2D eigenvalue weighted by Crippen LogP contribution is -2.37. The molecule has 0 saturated carbocycles. The first kappa shape index (κ1) is 21.0. The fraction of sp³-hybridized carbons (Fsp3) is 0.227. The van der Waals surface area contributed by atoms with Gasteiger partial charge in [-0.1, -0.05) is 36.4 Å². The molecular weight excluding hydrogens is 412 g/mol. The Morgan fingerprint density at radius 2 is 1.59 bits per heavy atom. The van der Waals surface area contributed by atoms with Gasteiger partial charge in [0, 0.05) is 13.1 Å². The van der Waals surface area contributed by atoms with Gasteiger partial charge in [-0.05, 0) is 37.1 Å². The Balaban J connectivity index is 1.69. The molecule has 1 aliphatic rings. The molecule has 32 heavy (non-hydrogen) atoms. The second kappa shape index (κ2) is 9.29. The molecule has 2 N–H and O–H groups in total. The smallest absolute Gasteiger partial charge is 0.355 e. The van der Waals surface area contributed by atoms with Gasteiger partial charge in [-0.25, -0.2) is 9.97 Å². The van der Waals surface area contributed by atoms with Gasteiger partial charge in [-0.2, -0.15) is 0 Å². The highest BCUT2D eigenvalue weighted by Crippen LogP contribution is 2.36. The van der Waals surface area contributed by atoms with Crippen LogP contribution in [0.25, 0.3) is 0 Å². The Morgan fingerprint density at radius 1 is 1.03 bits per heavy atom. The summed E-state index contributed by atoms with van der Waals surface area (Å²) < 4.78 is 0. The zero-order chi connectivity index (χ0) is 22.5. The van der Waals surface area contributed by atoms with Crippen molar-refractivity contribution in [1.29, 1.82) is 0 Å². The Bertz CT molecular complexity index is 1050. The van der Waals surface area contributed by atoms with Crippen LogP contribution in [0.2, 0.25) is 0 Å². The highest BCUT2D eigenvalue weighted by molar-refractivity contribution is 5.76. The molecule has 4 rings (SSSR count). The molecular formula is C22H22N6O4. The van der Waals surface area contributed by atoms with Gasteiger partial charge in [0.15, 0.2) is 0 Å². The van der Waals surface area contributed by atoms with Crippen LogP contribution >= 0.6 is 0 Å². The van der Waals surface area contributed by atoms with E-state index >= 15 is 0 Å². The number of aliphatic carboxylic acids is 1. The van der Waals surface area contributed by atoms with Crippen molar-refractivity contribution in [2.24, 2.45) is 5.92 Å². The SMILES string of the molecule is O=C(O)C1CCN(c2ncnc(NN(c3ccccc3)c3ccccc3)c2[N+](=O)[O-])CC1. The zero-order valence-corrected chi connectivity index (χ0v) is 17.2. The van der Waals surface area contributed by atoms with E-state index in [0.717, 1.165) is 11.4 Å². The summed E-state index contributed by atoms with van der Waals surface area (Å²) in [7, 11) is 0. The van der Waals surface area contributed by atoms with Crippen LogP contribution in [0.4, 0.5) is 28.7 Å². The Morgan fingerprint density at radius 3 is 2.09 bits per heavy atom. The summed E-state index contributed by atoms with van der Waals surface area (Å²) in [5.41, 5.74) is 4.38. The van der Waals surface area contributed by atoms with Crippen molar-refractivity contribution in [3.8, 4) is 0 Å². The molecule has 1 aliphatic heterocycles. The van der Waals surface area contributed by atoms with Crippen LogP contribution in [0, 0.1) is 16.0 Å². The number of carboxylic acids is 1. The normalized spacial score (nSPS) is 14.1. The van der Waals surface area contributed by atoms with Gasteiger partial charge in [0.2, 0.25) is 11.6 Å². The van der Waals surface area contributed by atoms with Gasteiger partial charge in [0.1, 0.15) is 6.33 Å². The minimum Gasteiger partial charge on any atom is -0.481 e. The van der Waals surface area contributed by atoms with E-state index in [1.807, 2.05) is 60.7 Å². The van der Waals surface area contributed by atoms with Gasteiger partial charge in [-0.3, -0.25) is 25.3 Å².